The summed E-state index contributed by atoms with van der Waals surface area (Å²) in [5, 5.41) is 0. The second-order valence-electron chi connectivity index (χ2n) is 11.3. The lowest BCUT2D eigenvalue weighted by Gasteiger charge is -2.08. The summed E-state index contributed by atoms with van der Waals surface area (Å²) in [6.07, 6.45) is 11.9. The van der Waals surface area contributed by atoms with Crippen LogP contribution < -0.4 is 16.2 Å². The van der Waals surface area contributed by atoms with Gasteiger partial charge < -0.3 is 20.9 Å². The Bertz CT molecular complexity index is 1520. The molecule has 0 saturated carbocycles. The first-order chi connectivity index (χ1) is 21.9. The van der Waals surface area contributed by atoms with Crippen LogP contribution in [-0.2, 0) is 11.2 Å². The van der Waals surface area contributed by atoms with Gasteiger partial charge in [-0.05, 0) is 97.2 Å². The van der Waals surface area contributed by atoms with Crippen LogP contribution in [0.5, 0.6) is 5.75 Å². The molecule has 6 heteroatoms. The maximum absolute atomic E-state index is 12.7. The van der Waals surface area contributed by atoms with Gasteiger partial charge in [-0.2, -0.15) is 0 Å². The zero-order valence-electron chi connectivity index (χ0n) is 26.2. The molecule has 0 aromatic heterocycles. The second-order valence-corrected chi connectivity index (χ2v) is 11.3. The third-order valence-corrected chi connectivity index (χ3v) is 7.59. The Morgan fingerprint density at radius 3 is 1.93 bits per heavy atom. The van der Waals surface area contributed by atoms with Gasteiger partial charge in [-0.15, -0.1) is 0 Å². The van der Waals surface area contributed by atoms with Crippen molar-refractivity contribution in [1.82, 2.24) is 0 Å². The fourth-order valence-electron chi connectivity index (χ4n) is 5.00. The van der Waals surface area contributed by atoms with Gasteiger partial charge in [0.2, 0.25) is 0 Å². The minimum Gasteiger partial charge on any atom is -0.494 e. The Labute approximate surface area is 267 Å². The van der Waals surface area contributed by atoms with Gasteiger partial charge in [0.1, 0.15) is 5.75 Å². The average Bonchev–Trinajstić information content (AvgIpc) is 3.05. The molecule has 0 bridgehead atoms. The molecule has 0 radical (unpaired) electrons. The van der Waals surface area contributed by atoms with Gasteiger partial charge in [-0.1, -0.05) is 86.5 Å². The van der Waals surface area contributed by atoms with Crippen molar-refractivity contribution in [3.05, 3.63) is 119 Å². The van der Waals surface area contributed by atoms with Crippen LogP contribution in [0.2, 0.25) is 0 Å². The minimum absolute atomic E-state index is 0.0302. The van der Waals surface area contributed by atoms with E-state index in [1.807, 2.05) is 54.6 Å². The summed E-state index contributed by atoms with van der Waals surface area (Å²) in [6, 6.07) is 29.0. The van der Waals surface area contributed by atoms with Crippen molar-refractivity contribution in [3.63, 3.8) is 0 Å². The van der Waals surface area contributed by atoms with Gasteiger partial charge in [-0.25, -0.2) is 4.79 Å². The molecule has 0 aliphatic rings. The molecule has 0 atom stereocenters. The number of rotatable bonds is 17. The molecule has 4 rings (SSSR count). The smallest absolute Gasteiger partial charge is 0.338 e. The van der Waals surface area contributed by atoms with Crippen LogP contribution in [0, 0.1) is 0 Å². The summed E-state index contributed by atoms with van der Waals surface area (Å²) in [7, 11) is 0. The molecule has 0 fully saturated rings. The largest absolute Gasteiger partial charge is 0.494 e. The van der Waals surface area contributed by atoms with E-state index in [-0.39, 0.29) is 5.78 Å². The topological polar surface area (TPSA) is 105 Å². The number of anilines is 2. The predicted octanol–water partition coefficient (Wildman–Crippen LogP) is 8.94. The molecule has 6 nitrogen and oxygen atoms in total. The first-order valence-electron chi connectivity index (χ1n) is 15.9. The van der Waals surface area contributed by atoms with Crippen molar-refractivity contribution < 1.29 is 19.1 Å². The maximum Gasteiger partial charge on any atom is 0.338 e. The molecule has 4 aromatic rings. The molecule has 4 N–H and O–H groups in total. The molecular formula is C39H44N2O4. The number of hydrogen-bond donors (Lipinski definition) is 2. The van der Waals surface area contributed by atoms with Gasteiger partial charge in [0, 0.05) is 16.9 Å². The summed E-state index contributed by atoms with van der Waals surface area (Å²) < 4.78 is 11.2. The van der Waals surface area contributed by atoms with E-state index >= 15 is 0 Å². The monoisotopic (exact) mass is 604 g/mol. The number of ether oxygens (including phenoxy) is 2. The molecule has 0 saturated heterocycles. The van der Waals surface area contributed by atoms with Crippen molar-refractivity contribution >= 4 is 29.2 Å². The molecule has 0 aliphatic carbocycles. The lowest BCUT2D eigenvalue weighted by molar-refractivity contribution is 0.0497. The number of hydrogen-bond acceptors (Lipinski definition) is 6. The van der Waals surface area contributed by atoms with Crippen molar-refractivity contribution in [1.29, 1.82) is 0 Å². The fourth-order valence-corrected chi connectivity index (χ4v) is 5.00. The molecule has 234 valence electrons. The van der Waals surface area contributed by atoms with E-state index in [1.54, 1.807) is 24.3 Å². The molecule has 0 unspecified atom stereocenters. The first kappa shape index (κ1) is 33.1. The van der Waals surface area contributed by atoms with Crippen LogP contribution in [0.25, 0.3) is 17.2 Å². The van der Waals surface area contributed by atoms with E-state index in [2.05, 4.69) is 31.2 Å². The van der Waals surface area contributed by atoms with E-state index in [1.165, 1.54) is 24.8 Å². The Morgan fingerprint density at radius 2 is 1.29 bits per heavy atom. The SMILES string of the molecule is CCCCCc1ccc(-c2ccc(C(=O)C=Cc3ccc(OCCCCCCOC(=O)c4cc(N)cc(N)c4)cc3)cc2)cc1. The number of ketones is 1. The predicted molar refractivity (Wildman–Crippen MR) is 184 cm³/mol. The number of esters is 1. The lowest BCUT2D eigenvalue weighted by atomic mass is 9.99. The number of nitrogen functional groups attached to an aromatic ring is 2. The van der Waals surface area contributed by atoms with Crippen LogP contribution >= 0.6 is 0 Å². The Morgan fingerprint density at radius 1 is 0.667 bits per heavy atom. The Balaban J connectivity index is 1.12. The number of allylic oxidation sites excluding steroid dienone is 1. The number of unbranched alkanes of at least 4 members (excludes halogenated alkanes) is 5. The summed E-state index contributed by atoms with van der Waals surface area (Å²) in [6.45, 7) is 3.18. The highest BCUT2D eigenvalue weighted by Crippen LogP contribution is 2.22. The zero-order chi connectivity index (χ0) is 31.9. The quantitative estimate of drug-likeness (QED) is 0.0410. The highest BCUT2D eigenvalue weighted by Gasteiger charge is 2.09. The number of aryl methyl sites for hydroxylation is 1. The molecule has 4 aromatic carbocycles. The van der Waals surface area contributed by atoms with Crippen LogP contribution in [0.3, 0.4) is 0 Å². The standard InChI is InChI=1S/C39H44N2O4/c1-2-3-6-9-29-10-15-31(16-11-29)32-17-19-33(20-18-32)38(42)23-14-30-12-21-37(22-13-30)44-24-7-4-5-8-25-45-39(43)34-26-35(40)28-36(41)27-34/h10-23,26-28H,2-9,24-25,40-41H2,1H3. The molecule has 45 heavy (non-hydrogen) atoms. The van der Waals surface area contributed by atoms with Gasteiger partial charge in [0.15, 0.2) is 5.78 Å². The molecule has 0 spiro atoms. The minimum atomic E-state index is -0.413. The molecule has 0 heterocycles. The van der Waals surface area contributed by atoms with Crippen LogP contribution in [0.1, 0.15) is 83.7 Å². The maximum atomic E-state index is 12.7. The highest BCUT2D eigenvalue weighted by atomic mass is 16.5. The Hall–Kier alpha value is -4.84. The molecule has 0 aliphatic heterocycles. The van der Waals surface area contributed by atoms with Crippen molar-refractivity contribution in [2.45, 2.75) is 58.3 Å². The zero-order valence-corrected chi connectivity index (χ0v) is 26.2. The summed E-state index contributed by atoms with van der Waals surface area (Å²) in [4.78, 5) is 24.9. The van der Waals surface area contributed by atoms with Crippen LogP contribution in [0.4, 0.5) is 11.4 Å². The van der Waals surface area contributed by atoms with E-state index in [9.17, 15) is 9.59 Å². The third-order valence-electron chi connectivity index (χ3n) is 7.59. The van der Waals surface area contributed by atoms with Gasteiger partial charge >= 0.3 is 5.97 Å². The van der Waals surface area contributed by atoms with Crippen LogP contribution in [-0.4, -0.2) is 25.0 Å². The molecular weight excluding hydrogens is 560 g/mol. The number of nitrogens with two attached hydrogens (primary N) is 2. The first-order valence-corrected chi connectivity index (χ1v) is 15.9. The van der Waals surface area contributed by atoms with E-state index in [0.717, 1.165) is 54.5 Å². The normalized spacial score (nSPS) is 11.0. The summed E-state index contributed by atoms with van der Waals surface area (Å²) in [5.41, 5.74) is 17.9. The Kier molecular flexibility index (Phi) is 12.8. The van der Waals surface area contributed by atoms with Crippen LogP contribution in [0.15, 0.2) is 97.1 Å². The average molecular weight is 605 g/mol. The lowest BCUT2D eigenvalue weighted by Crippen LogP contribution is -2.08. The van der Waals surface area contributed by atoms with E-state index < -0.39 is 5.97 Å². The number of carbonyl (C=O) groups excluding carboxylic acids is 2. The van der Waals surface area contributed by atoms with Crippen molar-refractivity contribution in [3.8, 4) is 16.9 Å². The third kappa shape index (κ3) is 11.0. The summed E-state index contributed by atoms with van der Waals surface area (Å²) >= 11 is 0. The highest BCUT2D eigenvalue weighted by molar-refractivity contribution is 6.07. The second kappa shape index (κ2) is 17.5. The van der Waals surface area contributed by atoms with Gasteiger partial charge in [0.25, 0.3) is 0 Å². The number of carbonyl (C=O) groups is 2. The fraction of sp³-hybridized carbons (Fsp3) is 0.282. The van der Waals surface area contributed by atoms with Gasteiger partial charge in [0.05, 0.1) is 18.8 Å². The summed E-state index contributed by atoms with van der Waals surface area (Å²) in [5.74, 6) is 0.347. The van der Waals surface area contributed by atoms with Crippen molar-refractivity contribution in [2.24, 2.45) is 0 Å². The van der Waals surface area contributed by atoms with E-state index in [0.29, 0.717) is 35.7 Å². The van der Waals surface area contributed by atoms with Crippen molar-refractivity contribution in [2.75, 3.05) is 24.7 Å². The number of benzene rings is 4. The van der Waals surface area contributed by atoms with Gasteiger partial charge in [-0.3, -0.25) is 4.79 Å². The molecule has 0 amide bonds. The van der Waals surface area contributed by atoms with E-state index in [4.69, 9.17) is 20.9 Å².